The monoisotopic (exact) mass is 607 g/mol. The molecule has 242 valence electrons. The van der Waals surface area contributed by atoms with E-state index in [4.69, 9.17) is 5.73 Å². The first-order chi connectivity index (χ1) is 20.5. The Hall–Kier alpha value is -1.54. The van der Waals surface area contributed by atoms with Crippen LogP contribution in [0.25, 0.3) is 5.57 Å². The van der Waals surface area contributed by atoms with Crippen LogP contribution in [0.3, 0.4) is 0 Å². The molecule has 3 unspecified atom stereocenters. The largest absolute Gasteiger partial charge is 0.344 e. The molecule has 0 radical (unpaired) electrons. The van der Waals surface area contributed by atoms with Gasteiger partial charge in [-0.3, -0.25) is 0 Å². The van der Waals surface area contributed by atoms with Crippen molar-refractivity contribution in [2.45, 2.75) is 131 Å². The van der Waals surface area contributed by atoms with Crippen molar-refractivity contribution in [1.29, 1.82) is 0 Å². The maximum absolute atomic E-state index is 5.99. The third-order valence-electron chi connectivity index (χ3n) is 9.93. The predicted octanol–water partition coefficient (Wildman–Crippen LogP) is 10.4. The Morgan fingerprint density at radius 1 is 1.07 bits per heavy atom. The van der Waals surface area contributed by atoms with Crippen LogP contribution in [0.2, 0.25) is 0 Å². The van der Waals surface area contributed by atoms with Crippen molar-refractivity contribution >= 4 is 22.6 Å². The summed E-state index contributed by atoms with van der Waals surface area (Å²) in [6.07, 6.45) is 19.2. The van der Waals surface area contributed by atoms with Gasteiger partial charge in [-0.1, -0.05) is 90.7 Å². The van der Waals surface area contributed by atoms with E-state index in [0.29, 0.717) is 6.04 Å². The number of thiophene rings is 1. The summed E-state index contributed by atoms with van der Waals surface area (Å²) >= 11 is 1.79. The molecule has 2 aliphatic heterocycles. The molecule has 3 atom stereocenters. The quantitative estimate of drug-likeness (QED) is 0.240. The van der Waals surface area contributed by atoms with E-state index in [2.05, 4.69) is 82.4 Å². The van der Waals surface area contributed by atoms with E-state index < -0.39 is 0 Å². The van der Waals surface area contributed by atoms with E-state index in [9.17, 15) is 0 Å². The molecule has 1 saturated heterocycles. The summed E-state index contributed by atoms with van der Waals surface area (Å²) in [6.45, 7) is 26.8. The van der Waals surface area contributed by atoms with Gasteiger partial charge in [0.2, 0.25) is 0 Å². The fraction of sp³-hybridized carbons (Fsp3) is 0.744. The maximum atomic E-state index is 5.99. The zero-order valence-corrected chi connectivity index (χ0v) is 29.7. The van der Waals surface area contributed by atoms with Gasteiger partial charge >= 0.3 is 0 Å². The minimum absolute atomic E-state index is 0.00954. The lowest BCUT2D eigenvalue weighted by atomic mass is 9.84. The molecule has 2 N–H and O–H groups in total. The molecule has 4 heteroatoms. The summed E-state index contributed by atoms with van der Waals surface area (Å²) in [5.74, 6) is 10.4. The molecule has 1 aliphatic carbocycles. The highest BCUT2D eigenvalue weighted by Gasteiger charge is 2.29. The van der Waals surface area contributed by atoms with Crippen LogP contribution < -0.4 is 10.6 Å². The smallest absolute Gasteiger partial charge is 0.0796 e. The SMILES string of the molecule is C=CN1c2cc(C#CC(C)(C)C)sc2C(=C)CC1CCCC(CC)CC(CCN)CN1CCCC1.CC1CCC(C)CC1. The van der Waals surface area contributed by atoms with Gasteiger partial charge < -0.3 is 15.5 Å². The summed E-state index contributed by atoms with van der Waals surface area (Å²) in [5, 5.41) is 0. The van der Waals surface area contributed by atoms with Crippen LogP contribution in [0.4, 0.5) is 5.69 Å². The van der Waals surface area contributed by atoms with Crippen molar-refractivity contribution in [3.05, 3.63) is 35.2 Å². The Bertz CT molecular complexity index is 1030. The van der Waals surface area contributed by atoms with Crippen molar-refractivity contribution in [2.24, 2.45) is 34.8 Å². The predicted molar refractivity (Wildman–Crippen MR) is 193 cm³/mol. The van der Waals surface area contributed by atoms with Crippen LogP contribution >= 0.6 is 11.3 Å². The van der Waals surface area contributed by atoms with E-state index in [1.165, 1.54) is 113 Å². The van der Waals surface area contributed by atoms with Crippen molar-refractivity contribution < 1.29 is 0 Å². The van der Waals surface area contributed by atoms with Gasteiger partial charge in [-0.25, -0.2) is 0 Å². The number of nitrogens with two attached hydrogens (primary N) is 1. The summed E-state index contributed by atoms with van der Waals surface area (Å²) < 4.78 is 0. The molecule has 1 aromatic heterocycles. The summed E-state index contributed by atoms with van der Waals surface area (Å²) in [4.78, 5) is 7.49. The second-order valence-corrected chi connectivity index (χ2v) is 16.2. The van der Waals surface area contributed by atoms with E-state index >= 15 is 0 Å². The number of anilines is 1. The Morgan fingerprint density at radius 2 is 1.72 bits per heavy atom. The molecule has 3 nitrogen and oxygen atoms in total. The zero-order valence-electron chi connectivity index (χ0n) is 28.9. The standard InChI is InChI=1S/C31H49N3S.C8H16/c1-7-25(21-26(15-17-32)23-33-18-9-10-19-33)12-11-13-27-20-24(3)30-29(34(27)8-2)22-28(35-30)14-16-31(4,5)6;1-7-3-5-8(2)6-4-7/h8,22,25-27H,2-3,7,9-13,15,17-21,23,32H2,1,4-6H3;7-8H,3-6H2,1-2H3. The molecule has 2 fully saturated rings. The molecule has 0 aromatic carbocycles. The zero-order chi connectivity index (χ0) is 31.4. The number of nitrogens with zero attached hydrogens (tertiary/aromatic N) is 2. The normalized spacial score (nSPS) is 23.9. The van der Waals surface area contributed by atoms with Crippen LogP contribution in [-0.2, 0) is 0 Å². The fourth-order valence-corrected chi connectivity index (χ4v) is 8.17. The van der Waals surface area contributed by atoms with Crippen LogP contribution in [-0.4, -0.2) is 37.1 Å². The molecule has 0 amide bonds. The third-order valence-corrected chi connectivity index (χ3v) is 11.1. The first kappa shape index (κ1) is 35.9. The summed E-state index contributed by atoms with van der Waals surface area (Å²) in [7, 11) is 0. The number of hydrogen-bond donors (Lipinski definition) is 1. The lowest BCUT2D eigenvalue weighted by molar-refractivity contribution is 0.229. The molecule has 0 bridgehead atoms. The van der Waals surface area contributed by atoms with Crippen molar-refractivity contribution in [3.8, 4) is 11.8 Å². The van der Waals surface area contributed by atoms with Crippen LogP contribution in [0.1, 0.15) is 135 Å². The minimum Gasteiger partial charge on any atom is -0.344 e. The Kier molecular flexibility index (Phi) is 14.9. The Labute approximate surface area is 270 Å². The van der Waals surface area contributed by atoms with Gasteiger partial charge in [0.1, 0.15) is 0 Å². The molecule has 3 heterocycles. The lowest BCUT2D eigenvalue weighted by Gasteiger charge is -2.36. The van der Waals surface area contributed by atoms with Gasteiger partial charge in [0.25, 0.3) is 0 Å². The van der Waals surface area contributed by atoms with Gasteiger partial charge in [0.15, 0.2) is 0 Å². The summed E-state index contributed by atoms with van der Waals surface area (Å²) in [6, 6.07) is 2.70. The maximum Gasteiger partial charge on any atom is 0.0796 e. The molecule has 43 heavy (non-hydrogen) atoms. The molecule has 4 rings (SSSR count). The Morgan fingerprint density at radius 3 is 2.28 bits per heavy atom. The van der Waals surface area contributed by atoms with Crippen molar-refractivity contribution in [1.82, 2.24) is 4.90 Å². The first-order valence-electron chi connectivity index (χ1n) is 17.7. The van der Waals surface area contributed by atoms with Crippen LogP contribution in [0.5, 0.6) is 0 Å². The van der Waals surface area contributed by atoms with Crippen molar-refractivity contribution in [2.75, 3.05) is 31.1 Å². The van der Waals surface area contributed by atoms with Crippen LogP contribution in [0.15, 0.2) is 25.4 Å². The van der Waals surface area contributed by atoms with E-state index in [1.807, 2.05) is 6.20 Å². The molecule has 3 aliphatic rings. The van der Waals surface area contributed by atoms with E-state index in [-0.39, 0.29) is 5.41 Å². The van der Waals surface area contributed by atoms with E-state index in [0.717, 1.165) is 41.5 Å². The van der Waals surface area contributed by atoms with Gasteiger partial charge in [0.05, 0.1) is 15.4 Å². The lowest BCUT2D eigenvalue weighted by Crippen LogP contribution is -2.34. The van der Waals surface area contributed by atoms with Gasteiger partial charge in [-0.05, 0) is 120 Å². The van der Waals surface area contributed by atoms with Gasteiger partial charge in [0, 0.05) is 18.0 Å². The average molecular weight is 608 g/mol. The average Bonchev–Trinajstić information content (AvgIpc) is 3.64. The second-order valence-electron chi connectivity index (χ2n) is 15.1. The number of fused-ring (bicyclic) bond motifs is 1. The molecule has 1 saturated carbocycles. The van der Waals surface area contributed by atoms with Gasteiger partial charge in [-0.15, -0.1) is 11.3 Å². The summed E-state index contributed by atoms with van der Waals surface area (Å²) in [5.41, 5.74) is 8.52. The minimum atomic E-state index is 0.00954. The van der Waals surface area contributed by atoms with Crippen LogP contribution in [0, 0.1) is 40.9 Å². The molecule has 1 aromatic rings. The Balaban J connectivity index is 0.000000546. The number of rotatable bonds is 12. The molecular formula is C39H65N3S. The first-order valence-corrected chi connectivity index (χ1v) is 18.5. The third kappa shape index (κ3) is 12.1. The highest BCUT2D eigenvalue weighted by atomic mass is 32.1. The van der Waals surface area contributed by atoms with Crippen molar-refractivity contribution in [3.63, 3.8) is 0 Å². The molecule has 0 spiro atoms. The van der Waals surface area contributed by atoms with E-state index in [1.54, 1.807) is 11.3 Å². The highest BCUT2D eigenvalue weighted by Crippen LogP contribution is 2.44. The molecular weight excluding hydrogens is 543 g/mol. The topological polar surface area (TPSA) is 32.5 Å². The fourth-order valence-electron chi connectivity index (χ4n) is 7.18. The number of likely N-dealkylation sites (tertiary alicyclic amines) is 1. The van der Waals surface area contributed by atoms with Gasteiger partial charge in [-0.2, -0.15) is 0 Å². The highest BCUT2D eigenvalue weighted by molar-refractivity contribution is 7.14. The number of hydrogen-bond acceptors (Lipinski definition) is 4. The second kappa shape index (κ2) is 17.8.